The second-order valence-corrected chi connectivity index (χ2v) is 13.1. The van der Waals surface area contributed by atoms with Gasteiger partial charge in [0.1, 0.15) is 0 Å². The number of aliphatic hydroxyl groups excluding tert-OH is 1. The van der Waals surface area contributed by atoms with E-state index in [2.05, 4.69) is 16.0 Å². The van der Waals surface area contributed by atoms with E-state index < -0.39 is 44.8 Å². The average Bonchev–Trinajstić information content (AvgIpc) is 2.97. The lowest BCUT2D eigenvalue weighted by Crippen LogP contribution is -2.48. The summed E-state index contributed by atoms with van der Waals surface area (Å²) in [7, 11) is -3.52. The number of hydrogen-bond acceptors (Lipinski definition) is 6. The minimum Gasteiger partial charge on any atom is -0.390 e. The van der Waals surface area contributed by atoms with Gasteiger partial charge in [0.05, 0.1) is 34.2 Å². The van der Waals surface area contributed by atoms with Crippen LogP contribution in [0, 0.1) is 0 Å². The van der Waals surface area contributed by atoms with Gasteiger partial charge in [0.25, 0.3) is 5.91 Å². The molecule has 0 spiro atoms. The number of amides is 1. The number of hydrogen-bond donors (Lipinski definition) is 4. The summed E-state index contributed by atoms with van der Waals surface area (Å²) in [5.74, 6) is -0.473. The quantitative estimate of drug-likeness (QED) is 0.214. The molecule has 44 heavy (non-hydrogen) atoms. The van der Waals surface area contributed by atoms with Crippen LogP contribution in [0.1, 0.15) is 46.8 Å². The van der Waals surface area contributed by atoms with Gasteiger partial charge in [-0.25, -0.2) is 8.42 Å². The number of nitrogens with one attached hydrogen (secondary N) is 3. The molecule has 1 heterocycles. The molecule has 3 aromatic carbocycles. The van der Waals surface area contributed by atoms with Crippen LogP contribution < -0.4 is 20.3 Å². The van der Waals surface area contributed by atoms with Crippen molar-refractivity contribution >= 4 is 38.9 Å². The van der Waals surface area contributed by atoms with Crippen molar-refractivity contribution in [1.82, 2.24) is 10.6 Å². The molecule has 1 aliphatic rings. The topological polar surface area (TPSA) is 111 Å². The van der Waals surface area contributed by atoms with Gasteiger partial charge in [-0.05, 0) is 67.6 Å². The molecule has 1 fully saturated rings. The van der Waals surface area contributed by atoms with Crippen molar-refractivity contribution in [3.63, 3.8) is 0 Å². The van der Waals surface area contributed by atoms with Crippen LogP contribution in [-0.4, -0.2) is 57.0 Å². The maximum atomic E-state index is 13.6. The normalized spacial score (nSPS) is 16.3. The highest BCUT2D eigenvalue weighted by Gasteiger charge is 2.33. The second kappa shape index (κ2) is 14.6. The highest BCUT2D eigenvalue weighted by atomic mass is 35.5. The van der Waals surface area contributed by atoms with Gasteiger partial charge in [-0.2, -0.15) is 13.2 Å². The van der Waals surface area contributed by atoms with Crippen LogP contribution in [0.25, 0.3) is 0 Å². The molecule has 2 atom stereocenters. The number of benzene rings is 3. The van der Waals surface area contributed by atoms with Gasteiger partial charge < -0.3 is 21.1 Å². The molecule has 8 nitrogen and oxygen atoms in total. The van der Waals surface area contributed by atoms with E-state index in [0.29, 0.717) is 42.9 Å². The minimum absolute atomic E-state index is 0.0295. The second-order valence-electron chi connectivity index (χ2n) is 10.7. The molecule has 4 N–H and O–H groups in total. The fraction of sp³-hybridized carbons (Fsp3) is 0.387. The molecule has 238 valence electrons. The van der Waals surface area contributed by atoms with E-state index >= 15 is 0 Å². The first-order valence-electron chi connectivity index (χ1n) is 14.4. The SMILES string of the molecule is CCNc1cc(C(=O)N[C@@H](Cc2ccccc2)[C@H](O)CNCc2ccc(Cl)c(C(F)(F)F)c2)cc(N2CCCCS2(=O)=O)c1. The first-order chi connectivity index (χ1) is 20.9. The standard InChI is InChI=1S/C31H36ClF3N4O4S/c1-2-37-24-16-23(17-25(18-24)39-12-6-7-13-44(39,42)43)30(41)38-28(15-21-8-4-3-5-9-21)29(40)20-36-19-22-10-11-27(32)26(14-22)31(33,34)35/h3-5,8-11,14,16-18,28-29,36-37,40H,2,6-7,12-13,15,19-20H2,1H3,(H,38,41)/t28-,29+/m0/s1. The molecule has 1 saturated heterocycles. The Morgan fingerprint density at radius 3 is 2.48 bits per heavy atom. The lowest BCUT2D eigenvalue weighted by atomic mass is 10.00. The van der Waals surface area contributed by atoms with E-state index in [4.69, 9.17) is 11.6 Å². The van der Waals surface area contributed by atoms with Gasteiger partial charge in [-0.1, -0.05) is 48.0 Å². The monoisotopic (exact) mass is 652 g/mol. The van der Waals surface area contributed by atoms with Crippen molar-refractivity contribution in [3.8, 4) is 0 Å². The Kier molecular flexibility index (Phi) is 11.2. The molecule has 0 radical (unpaired) electrons. The van der Waals surface area contributed by atoms with Crippen molar-refractivity contribution in [2.24, 2.45) is 0 Å². The number of rotatable bonds is 12. The van der Waals surface area contributed by atoms with Crippen LogP contribution in [0.2, 0.25) is 5.02 Å². The van der Waals surface area contributed by atoms with Crippen LogP contribution in [0.3, 0.4) is 0 Å². The van der Waals surface area contributed by atoms with Gasteiger partial charge in [-0.3, -0.25) is 9.10 Å². The van der Waals surface area contributed by atoms with Crippen LogP contribution in [-0.2, 0) is 29.2 Å². The third-order valence-corrected chi connectivity index (χ3v) is 9.50. The molecule has 1 amide bonds. The molecular weight excluding hydrogens is 617 g/mol. The molecule has 0 aliphatic carbocycles. The zero-order valence-corrected chi connectivity index (χ0v) is 25.8. The van der Waals surface area contributed by atoms with Crippen LogP contribution >= 0.6 is 11.6 Å². The average molecular weight is 653 g/mol. The zero-order valence-electron chi connectivity index (χ0n) is 24.2. The summed E-state index contributed by atoms with van der Waals surface area (Å²) in [4.78, 5) is 13.6. The maximum Gasteiger partial charge on any atom is 0.417 e. The largest absolute Gasteiger partial charge is 0.417 e. The number of anilines is 2. The van der Waals surface area contributed by atoms with Crippen LogP contribution in [0.4, 0.5) is 24.5 Å². The van der Waals surface area contributed by atoms with Crippen LogP contribution in [0.5, 0.6) is 0 Å². The fourth-order valence-corrected chi connectivity index (χ4v) is 6.93. The third kappa shape index (κ3) is 8.87. The molecular formula is C31H36ClF3N4O4S. The summed E-state index contributed by atoms with van der Waals surface area (Å²) in [5.41, 5.74) is 1.43. The van der Waals surface area contributed by atoms with E-state index in [9.17, 15) is 31.5 Å². The predicted octanol–water partition coefficient (Wildman–Crippen LogP) is 5.21. The summed E-state index contributed by atoms with van der Waals surface area (Å²) < 4.78 is 66.7. The Labute approximate surface area is 260 Å². The fourth-order valence-electron chi connectivity index (χ4n) is 5.08. The molecule has 0 bridgehead atoms. The number of alkyl halides is 3. The van der Waals surface area contributed by atoms with Gasteiger partial charge in [0, 0.05) is 37.4 Å². The summed E-state index contributed by atoms with van der Waals surface area (Å²) in [6.45, 7) is 2.75. The zero-order chi connectivity index (χ0) is 31.9. The molecule has 13 heteroatoms. The summed E-state index contributed by atoms with van der Waals surface area (Å²) in [5, 5.41) is 19.8. The molecule has 0 saturated carbocycles. The number of carbonyl (C=O) groups is 1. The van der Waals surface area contributed by atoms with Gasteiger partial charge >= 0.3 is 6.18 Å². The Morgan fingerprint density at radius 1 is 1.05 bits per heavy atom. The minimum atomic E-state index is -4.60. The van der Waals surface area contributed by atoms with E-state index in [1.54, 1.807) is 12.1 Å². The van der Waals surface area contributed by atoms with Crippen molar-refractivity contribution in [2.45, 2.75) is 51.1 Å². The molecule has 3 aromatic rings. The lowest BCUT2D eigenvalue weighted by molar-refractivity contribution is -0.137. The summed E-state index contributed by atoms with van der Waals surface area (Å²) in [6.07, 6.45) is -4.16. The van der Waals surface area contributed by atoms with E-state index in [1.807, 2.05) is 37.3 Å². The Morgan fingerprint density at radius 2 is 1.80 bits per heavy atom. The van der Waals surface area contributed by atoms with Crippen LogP contribution in [0.15, 0.2) is 66.7 Å². The number of halogens is 4. The number of aliphatic hydroxyl groups is 1. The van der Waals surface area contributed by atoms with Gasteiger partial charge in [0.2, 0.25) is 10.0 Å². The highest BCUT2D eigenvalue weighted by molar-refractivity contribution is 7.92. The van der Waals surface area contributed by atoms with Gasteiger partial charge in [-0.15, -0.1) is 0 Å². The predicted molar refractivity (Wildman–Crippen MR) is 167 cm³/mol. The summed E-state index contributed by atoms with van der Waals surface area (Å²) >= 11 is 5.72. The molecule has 1 aliphatic heterocycles. The molecule has 4 rings (SSSR count). The van der Waals surface area contributed by atoms with Gasteiger partial charge in [0.15, 0.2) is 0 Å². The van der Waals surface area contributed by atoms with Crippen molar-refractivity contribution in [2.75, 3.05) is 35.0 Å². The van der Waals surface area contributed by atoms with Crippen molar-refractivity contribution in [1.29, 1.82) is 0 Å². The first kappa shape index (κ1) is 33.6. The van der Waals surface area contributed by atoms with E-state index in [1.165, 1.54) is 22.5 Å². The number of sulfonamides is 1. The molecule has 0 aromatic heterocycles. The smallest absolute Gasteiger partial charge is 0.390 e. The summed E-state index contributed by atoms with van der Waals surface area (Å²) in [6, 6.07) is 16.9. The van der Waals surface area contributed by atoms with Crippen molar-refractivity contribution < 1.29 is 31.5 Å². The highest BCUT2D eigenvalue weighted by Crippen LogP contribution is 2.35. The van der Waals surface area contributed by atoms with Crippen molar-refractivity contribution in [3.05, 3.63) is 94.0 Å². The number of carbonyl (C=O) groups excluding carboxylic acids is 1. The Bertz CT molecular complexity index is 1540. The maximum absolute atomic E-state index is 13.6. The third-order valence-electron chi connectivity index (χ3n) is 7.30. The lowest BCUT2D eigenvalue weighted by Gasteiger charge is -2.29. The van der Waals surface area contributed by atoms with E-state index in [0.717, 1.165) is 11.6 Å². The first-order valence-corrected chi connectivity index (χ1v) is 16.3. The Balaban J connectivity index is 1.53. The Hall–Kier alpha value is -3.32. The number of nitrogens with zero attached hydrogens (tertiary/aromatic N) is 1. The molecule has 0 unspecified atom stereocenters. The van der Waals surface area contributed by atoms with E-state index in [-0.39, 0.29) is 30.8 Å².